The van der Waals surface area contributed by atoms with Gasteiger partial charge in [-0.15, -0.1) is 0 Å². The average Bonchev–Trinajstić information content (AvgIpc) is 2.76. The van der Waals surface area contributed by atoms with E-state index in [1.54, 1.807) is 25.9 Å². The van der Waals surface area contributed by atoms with Crippen LogP contribution in [0.3, 0.4) is 0 Å². The van der Waals surface area contributed by atoms with Gasteiger partial charge in [0.25, 0.3) is 0 Å². The molecule has 0 amide bonds. The fraction of sp³-hybridized carbons (Fsp3) is 0.500. The topological polar surface area (TPSA) is 83.8 Å². The Labute approximate surface area is 113 Å². The summed E-state index contributed by atoms with van der Waals surface area (Å²) in [5, 5.41) is 6.38. The standard InChI is InChI=1S/C10H14F3N7/c1-9(16-7(14)15-8(17-9)19(2)3)20-5-4-6(18-20)10(11,12)13/h4-5H,1-3H3,(H3,14,15,16,17). The third-order valence-electron chi connectivity index (χ3n) is 2.65. The highest BCUT2D eigenvalue weighted by Gasteiger charge is 2.37. The summed E-state index contributed by atoms with van der Waals surface area (Å²) in [5.41, 5.74) is 4.60. The normalized spacial score (nSPS) is 22.9. The molecular weight excluding hydrogens is 275 g/mol. The monoisotopic (exact) mass is 289 g/mol. The van der Waals surface area contributed by atoms with Crippen LogP contribution >= 0.6 is 0 Å². The van der Waals surface area contributed by atoms with E-state index in [0.717, 1.165) is 10.7 Å². The number of alkyl halides is 3. The summed E-state index contributed by atoms with van der Waals surface area (Å²) in [4.78, 5) is 9.60. The second-order valence-electron chi connectivity index (χ2n) is 4.59. The lowest BCUT2D eigenvalue weighted by molar-refractivity contribution is -0.141. The minimum Gasteiger partial charge on any atom is -0.368 e. The summed E-state index contributed by atoms with van der Waals surface area (Å²) in [7, 11) is 3.43. The summed E-state index contributed by atoms with van der Waals surface area (Å²) in [6.07, 6.45) is -3.32. The molecule has 1 aliphatic heterocycles. The van der Waals surface area contributed by atoms with Gasteiger partial charge in [-0.25, -0.2) is 9.67 Å². The molecule has 7 nitrogen and oxygen atoms in total. The quantitative estimate of drug-likeness (QED) is 0.782. The molecule has 3 N–H and O–H groups in total. The Morgan fingerprint density at radius 2 is 2.05 bits per heavy atom. The maximum absolute atomic E-state index is 12.6. The van der Waals surface area contributed by atoms with Crippen molar-refractivity contribution >= 4 is 11.9 Å². The fourth-order valence-corrected chi connectivity index (χ4v) is 1.66. The van der Waals surface area contributed by atoms with Crippen molar-refractivity contribution in [2.75, 3.05) is 14.1 Å². The minimum absolute atomic E-state index is 0.0426. The molecule has 10 heteroatoms. The number of aromatic nitrogens is 2. The van der Waals surface area contributed by atoms with Gasteiger partial charge in [0.1, 0.15) is 0 Å². The summed E-state index contributed by atoms with van der Waals surface area (Å²) in [6.45, 7) is 1.55. The molecule has 2 heterocycles. The number of aliphatic imine (C=N–C) groups is 2. The smallest absolute Gasteiger partial charge is 0.368 e. The molecule has 2 rings (SSSR count). The number of halogens is 3. The van der Waals surface area contributed by atoms with E-state index in [1.807, 2.05) is 0 Å². The number of nitrogens with two attached hydrogens (primary N) is 1. The molecule has 20 heavy (non-hydrogen) atoms. The van der Waals surface area contributed by atoms with E-state index in [-0.39, 0.29) is 5.96 Å². The minimum atomic E-state index is -4.51. The second-order valence-corrected chi connectivity index (χ2v) is 4.59. The number of rotatable bonds is 1. The molecule has 1 aromatic rings. The van der Waals surface area contributed by atoms with E-state index < -0.39 is 17.7 Å². The van der Waals surface area contributed by atoms with Crippen LogP contribution in [-0.4, -0.2) is 40.7 Å². The van der Waals surface area contributed by atoms with Gasteiger partial charge in [-0.1, -0.05) is 0 Å². The molecule has 0 fully saturated rings. The maximum Gasteiger partial charge on any atom is 0.435 e. The average molecular weight is 289 g/mol. The first-order chi connectivity index (χ1) is 9.12. The molecule has 0 spiro atoms. The molecule has 1 aromatic heterocycles. The van der Waals surface area contributed by atoms with Gasteiger partial charge in [0, 0.05) is 27.2 Å². The van der Waals surface area contributed by atoms with Crippen molar-refractivity contribution in [3.05, 3.63) is 18.0 Å². The van der Waals surface area contributed by atoms with Gasteiger partial charge in [-0.2, -0.15) is 23.3 Å². The Balaban J connectivity index is 2.37. The van der Waals surface area contributed by atoms with Crippen LogP contribution in [0.5, 0.6) is 0 Å². The van der Waals surface area contributed by atoms with Crippen molar-refractivity contribution in [3.8, 4) is 0 Å². The van der Waals surface area contributed by atoms with Crippen LogP contribution < -0.4 is 11.1 Å². The summed E-state index contributed by atoms with van der Waals surface area (Å²) in [5.74, 6) is -0.933. The van der Waals surface area contributed by atoms with Crippen LogP contribution in [0, 0.1) is 0 Å². The number of hydrogen-bond donors (Lipinski definition) is 2. The molecule has 1 atom stereocenters. The van der Waals surface area contributed by atoms with Crippen molar-refractivity contribution in [1.29, 1.82) is 0 Å². The lowest BCUT2D eigenvalue weighted by Gasteiger charge is -2.33. The highest BCUT2D eigenvalue weighted by atomic mass is 19.4. The van der Waals surface area contributed by atoms with Gasteiger partial charge >= 0.3 is 6.18 Å². The summed E-state index contributed by atoms with van der Waals surface area (Å²) >= 11 is 0. The first-order valence-electron chi connectivity index (χ1n) is 5.65. The molecule has 1 aliphatic rings. The second kappa shape index (κ2) is 4.39. The number of guanidine groups is 2. The number of nitrogens with one attached hydrogen (secondary N) is 1. The first kappa shape index (κ1) is 14.2. The van der Waals surface area contributed by atoms with Gasteiger partial charge in [0.05, 0.1) is 0 Å². The van der Waals surface area contributed by atoms with E-state index >= 15 is 0 Å². The van der Waals surface area contributed by atoms with Crippen LogP contribution in [0.2, 0.25) is 0 Å². The fourth-order valence-electron chi connectivity index (χ4n) is 1.66. The van der Waals surface area contributed by atoms with Crippen LogP contribution in [0.25, 0.3) is 0 Å². The van der Waals surface area contributed by atoms with Crippen molar-refractivity contribution in [2.45, 2.75) is 18.9 Å². The Hall–Kier alpha value is -2.26. The van der Waals surface area contributed by atoms with E-state index in [9.17, 15) is 13.2 Å². The predicted molar refractivity (Wildman–Crippen MR) is 66.8 cm³/mol. The van der Waals surface area contributed by atoms with Gasteiger partial charge in [-0.3, -0.25) is 0 Å². The molecule has 0 aromatic carbocycles. The van der Waals surface area contributed by atoms with Gasteiger partial charge in [0.15, 0.2) is 5.69 Å². The SMILES string of the molecule is CN(C)C1=NC(N)=NC(C)(n2ccc(C(F)(F)F)n2)N1. The van der Waals surface area contributed by atoms with E-state index in [4.69, 9.17) is 5.73 Å². The molecule has 0 radical (unpaired) electrons. The predicted octanol–water partition coefficient (Wildman–Crippen LogP) is 0.368. The molecule has 0 saturated heterocycles. The zero-order valence-electron chi connectivity index (χ0n) is 11.1. The van der Waals surface area contributed by atoms with Crippen LogP contribution in [0.1, 0.15) is 12.6 Å². The van der Waals surface area contributed by atoms with Gasteiger partial charge in [-0.05, 0) is 6.07 Å². The lowest BCUT2D eigenvalue weighted by Crippen LogP contribution is -2.55. The third kappa shape index (κ3) is 2.53. The van der Waals surface area contributed by atoms with E-state index in [0.29, 0.717) is 5.96 Å². The molecular formula is C10H14F3N7. The zero-order chi connectivity index (χ0) is 15.1. The number of hydrogen-bond acceptors (Lipinski definition) is 6. The first-order valence-corrected chi connectivity index (χ1v) is 5.65. The van der Waals surface area contributed by atoms with Crippen molar-refractivity contribution in [2.24, 2.45) is 15.7 Å². The Morgan fingerprint density at radius 3 is 2.55 bits per heavy atom. The molecule has 110 valence electrons. The van der Waals surface area contributed by atoms with Crippen molar-refractivity contribution in [3.63, 3.8) is 0 Å². The molecule has 1 unspecified atom stereocenters. The molecule has 0 aliphatic carbocycles. The summed E-state index contributed by atoms with van der Waals surface area (Å²) < 4.78 is 38.8. The van der Waals surface area contributed by atoms with Crippen molar-refractivity contribution < 1.29 is 13.2 Å². The van der Waals surface area contributed by atoms with Crippen LogP contribution in [0.15, 0.2) is 22.2 Å². The molecule has 0 bridgehead atoms. The third-order valence-corrected chi connectivity index (χ3v) is 2.65. The van der Waals surface area contributed by atoms with Gasteiger partial charge in [0.2, 0.25) is 17.7 Å². The largest absolute Gasteiger partial charge is 0.435 e. The Kier molecular flexibility index (Phi) is 3.11. The Morgan fingerprint density at radius 1 is 1.40 bits per heavy atom. The lowest BCUT2D eigenvalue weighted by atomic mass is 10.4. The maximum atomic E-state index is 12.6. The molecule has 0 saturated carbocycles. The zero-order valence-corrected chi connectivity index (χ0v) is 11.1. The van der Waals surface area contributed by atoms with Crippen LogP contribution in [-0.2, 0) is 12.0 Å². The summed E-state index contributed by atoms with van der Waals surface area (Å²) in [6, 6.07) is 0.875. The van der Waals surface area contributed by atoms with Crippen LogP contribution in [0.4, 0.5) is 13.2 Å². The highest BCUT2D eigenvalue weighted by molar-refractivity contribution is 5.96. The van der Waals surface area contributed by atoms with E-state index in [1.165, 1.54) is 6.20 Å². The Bertz CT molecular complexity index is 572. The van der Waals surface area contributed by atoms with Gasteiger partial charge < -0.3 is 16.0 Å². The number of nitrogens with zero attached hydrogens (tertiary/aromatic N) is 5. The van der Waals surface area contributed by atoms with Crippen molar-refractivity contribution in [1.82, 2.24) is 20.0 Å². The van der Waals surface area contributed by atoms with E-state index in [2.05, 4.69) is 20.4 Å². The highest BCUT2D eigenvalue weighted by Crippen LogP contribution is 2.28.